The minimum absolute atomic E-state index is 0.150. The summed E-state index contributed by atoms with van der Waals surface area (Å²) in [6.07, 6.45) is -0.350. The van der Waals surface area contributed by atoms with E-state index in [1.54, 1.807) is 48.9 Å². The molecular formula is C15H13N3O4S2. The number of ether oxygens (including phenoxy) is 1. The van der Waals surface area contributed by atoms with Crippen LogP contribution in [0.25, 0.3) is 11.0 Å². The maximum Gasteiger partial charge on any atom is 0.374 e. The highest BCUT2D eigenvalue weighted by Gasteiger charge is 2.30. The maximum absolute atomic E-state index is 12.5. The Labute approximate surface area is 146 Å². The molecule has 0 fully saturated rings. The van der Waals surface area contributed by atoms with Crippen molar-refractivity contribution < 1.29 is 19.2 Å². The molecule has 0 saturated carbocycles. The second-order valence-electron chi connectivity index (χ2n) is 4.95. The first-order valence-electron chi connectivity index (χ1n) is 7.03. The fourth-order valence-electron chi connectivity index (χ4n) is 1.89. The van der Waals surface area contributed by atoms with Crippen molar-refractivity contribution in [1.82, 2.24) is 15.2 Å². The number of nitrogens with zero attached hydrogens (tertiary/aromatic N) is 3. The van der Waals surface area contributed by atoms with Crippen molar-refractivity contribution in [2.24, 2.45) is 0 Å². The first-order chi connectivity index (χ1) is 11.6. The van der Waals surface area contributed by atoms with Gasteiger partial charge in [0.2, 0.25) is 0 Å². The number of hydrogen-bond donors (Lipinski definition) is 0. The van der Waals surface area contributed by atoms with Crippen molar-refractivity contribution in [2.75, 3.05) is 0 Å². The molecule has 1 aliphatic heterocycles. The van der Waals surface area contributed by atoms with Crippen LogP contribution in [-0.2, 0) is 14.3 Å². The molecule has 0 atom stereocenters. The predicted molar refractivity (Wildman–Crippen MR) is 91.7 cm³/mol. The number of carbonyl (C=O) groups excluding carboxylic acids is 2. The maximum atomic E-state index is 12.5. The first kappa shape index (κ1) is 16.6. The van der Waals surface area contributed by atoms with Gasteiger partial charge in [-0.3, -0.25) is 0 Å². The SMILES string of the molecule is CC(C)OC(=O)C(C(=O)On1nnc2ccccc21)=C1SC=CS1. The molecule has 9 heteroatoms. The molecule has 24 heavy (non-hydrogen) atoms. The fraction of sp³-hybridized carbons (Fsp3) is 0.200. The normalized spacial score (nSPS) is 13.5. The molecule has 1 aromatic heterocycles. The van der Waals surface area contributed by atoms with E-state index >= 15 is 0 Å². The Balaban J connectivity index is 1.89. The van der Waals surface area contributed by atoms with Gasteiger partial charge in [0.1, 0.15) is 11.0 Å². The van der Waals surface area contributed by atoms with E-state index in [0.29, 0.717) is 15.3 Å². The van der Waals surface area contributed by atoms with E-state index in [4.69, 9.17) is 9.57 Å². The summed E-state index contributed by atoms with van der Waals surface area (Å²) in [5, 5.41) is 11.2. The number of benzene rings is 1. The molecule has 7 nitrogen and oxygen atoms in total. The van der Waals surface area contributed by atoms with Gasteiger partial charge in [-0.15, -0.1) is 5.10 Å². The molecule has 3 rings (SSSR count). The summed E-state index contributed by atoms with van der Waals surface area (Å²) in [7, 11) is 0. The summed E-state index contributed by atoms with van der Waals surface area (Å²) in [5.41, 5.74) is 0.955. The molecular weight excluding hydrogens is 350 g/mol. The van der Waals surface area contributed by atoms with E-state index < -0.39 is 11.9 Å². The molecule has 1 aromatic carbocycles. The van der Waals surface area contributed by atoms with E-state index in [2.05, 4.69) is 10.3 Å². The molecule has 2 heterocycles. The van der Waals surface area contributed by atoms with Crippen molar-refractivity contribution in [3.05, 3.63) is 44.9 Å². The fourth-order valence-corrected chi connectivity index (χ4v) is 3.70. The Hall–Kier alpha value is -2.26. The van der Waals surface area contributed by atoms with Crippen LogP contribution in [0, 0.1) is 0 Å². The molecule has 0 amide bonds. The largest absolute Gasteiger partial charge is 0.459 e. The minimum Gasteiger partial charge on any atom is -0.459 e. The lowest BCUT2D eigenvalue weighted by atomic mass is 10.3. The molecule has 0 unspecified atom stereocenters. The Morgan fingerprint density at radius 2 is 1.83 bits per heavy atom. The Bertz CT molecular complexity index is 847. The van der Waals surface area contributed by atoms with Gasteiger partial charge in [-0.05, 0) is 42.0 Å². The standard InChI is InChI=1S/C15H13N3O4S2/c1-9(2)21-13(19)12(15-23-7-8-24-15)14(20)22-18-11-6-4-3-5-10(11)16-17-18/h3-9H,1-2H3. The lowest BCUT2D eigenvalue weighted by molar-refractivity contribution is -0.150. The van der Waals surface area contributed by atoms with Crippen LogP contribution in [0.3, 0.4) is 0 Å². The summed E-state index contributed by atoms with van der Waals surface area (Å²) in [6.45, 7) is 3.42. The van der Waals surface area contributed by atoms with Gasteiger partial charge in [-0.25, -0.2) is 9.59 Å². The number of hydrogen-bond acceptors (Lipinski definition) is 8. The molecule has 0 aliphatic carbocycles. The quantitative estimate of drug-likeness (QED) is 0.269. The Kier molecular flexibility index (Phi) is 4.91. The van der Waals surface area contributed by atoms with Gasteiger partial charge in [-0.2, -0.15) is 0 Å². The minimum atomic E-state index is -0.838. The Morgan fingerprint density at radius 3 is 2.54 bits per heavy atom. The molecule has 0 bridgehead atoms. The predicted octanol–water partition coefficient (Wildman–Crippen LogP) is 2.50. The number of fused-ring (bicyclic) bond motifs is 1. The van der Waals surface area contributed by atoms with Crippen LogP contribution in [0.1, 0.15) is 13.8 Å². The topological polar surface area (TPSA) is 83.3 Å². The van der Waals surface area contributed by atoms with Crippen LogP contribution in [0.4, 0.5) is 0 Å². The van der Waals surface area contributed by atoms with Gasteiger partial charge >= 0.3 is 11.9 Å². The zero-order valence-corrected chi connectivity index (χ0v) is 14.5. The van der Waals surface area contributed by atoms with Gasteiger partial charge in [0.15, 0.2) is 5.57 Å². The van der Waals surface area contributed by atoms with Gasteiger partial charge in [-0.1, -0.05) is 40.5 Å². The molecule has 124 valence electrons. The van der Waals surface area contributed by atoms with Crippen molar-refractivity contribution in [3.8, 4) is 0 Å². The second-order valence-corrected chi connectivity index (χ2v) is 7.04. The van der Waals surface area contributed by atoms with Gasteiger partial charge in [0, 0.05) is 0 Å². The van der Waals surface area contributed by atoms with E-state index in [9.17, 15) is 9.59 Å². The molecule has 0 N–H and O–H groups in total. The molecule has 1 aliphatic rings. The Morgan fingerprint density at radius 1 is 1.12 bits per heavy atom. The number of aromatic nitrogens is 3. The average Bonchev–Trinajstić information content (AvgIpc) is 3.17. The summed E-state index contributed by atoms with van der Waals surface area (Å²) < 4.78 is 5.66. The van der Waals surface area contributed by atoms with Crippen LogP contribution in [0.15, 0.2) is 44.9 Å². The van der Waals surface area contributed by atoms with E-state index in [1.165, 1.54) is 23.5 Å². The summed E-state index contributed by atoms with van der Waals surface area (Å²) in [5.74, 6) is -1.56. The highest BCUT2D eigenvalue weighted by Crippen LogP contribution is 2.40. The third-order valence-corrected chi connectivity index (χ3v) is 4.98. The van der Waals surface area contributed by atoms with Gasteiger partial charge in [0.25, 0.3) is 0 Å². The molecule has 0 saturated heterocycles. The highest BCUT2D eigenvalue weighted by molar-refractivity contribution is 8.27. The van der Waals surface area contributed by atoms with Crippen molar-refractivity contribution in [3.63, 3.8) is 0 Å². The number of thioether (sulfide) groups is 2. The molecule has 2 aromatic rings. The summed E-state index contributed by atoms with van der Waals surface area (Å²) in [6, 6.07) is 7.03. The average molecular weight is 363 g/mol. The van der Waals surface area contributed by atoms with Crippen LogP contribution in [-0.4, -0.2) is 33.2 Å². The van der Waals surface area contributed by atoms with E-state index in [1.807, 2.05) is 0 Å². The molecule has 0 radical (unpaired) electrons. The number of rotatable bonds is 4. The lowest BCUT2D eigenvalue weighted by Gasteiger charge is -2.11. The van der Waals surface area contributed by atoms with Crippen LogP contribution < -0.4 is 4.84 Å². The first-order valence-corrected chi connectivity index (χ1v) is 8.79. The summed E-state index contributed by atoms with van der Waals surface area (Å²) >= 11 is 2.53. The number of para-hydroxylation sites is 1. The second kappa shape index (κ2) is 7.10. The van der Waals surface area contributed by atoms with Crippen LogP contribution in [0.2, 0.25) is 0 Å². The zero-order valence-electron chi connectivity index (χ0n) is 12.8. The van der Waals surface area contributed by atoms with Gasteiger partial charge < -0.3 is 9.57 Å². The van der Waals surface area contributed by atoms with Crippen LogP contribution in [0.5, 0.6) is 0 Å². The third-order valence-electron chi connectivity index (χ3n) is 2.85. The monoisotopic (exact) mass is 363 g/mol. The van der Waals surface area contributed by atoms with Crippen molar-refractivity contribution in [1.29, 1.82) is 0 Å². The van der Waals surface area contributed by atoms with Crippen LogP contribution >= 0.6 is 23.5 Å². The number of carbonyl (C=O) groups is 2. The highest BCUT2D eigenvalue weighted by atomic mass is 32.2. The van der Waals surface area contributed by atoms with E-state index in [-0.39, 0.29) is 11.7 Å². The lowest BCUT2D eigenvalue weighted by Crippen LogP contribution is -2.28. The number of esters is 1. The van der Waals surface area contributed by atoms with Gasteiger partial charge in [0.05, 0.1) is 10.3 Å². The molecule has 0 spiro atoms. The van der Waals surface area contributed by atoms with Crippen molar-refractivity contribution in [2.45, 2.75) is 20.0 Å². The smallest absolute Gasteiger partial charge is 0.374 e. The zero-order chi connectivity index (χ0) is 17.1. The van der Waals surface area contributed by atoms with E-state index in [0.717, 1.165) is 4.85 Å². The van der Waals surface area contributed by atoms with Crippen molar-refractivity contribution >= 4 is 46.5 Å². The third kappa shape index (κ3) is 3.46. The summed E-state index contributed by atoms with van der Waals surface area (Å²) in [4.78, 5) is 31.1.